The summed E-state index contributed by atoms with van der Waals surface area (Å²) in [5.74, 6) is 0.605. The molecule has 108 valence electrons. The van der Waals surface area contributed by atoms with Gasteiger partial charge >= 0.3 is 5.97 Å². The fraction of sp³-hybridized carbons (Fsp3) is 0.278. The first-order valence-electron chi connectivity index (χ1n) is 7.15. The lowest BCUT2D eigenvalue weighted by atomic mass is 9.91. The molecule has 3 nitrogen and oxygen atoms in total. The number of ether oxygens (including phenoxy) is 2. The number of hydrogen-bond acceptors (Lipinski definition) is 3. The van der Waals surface area contributed by atoms with Crippen LogP contribution < -0.4 is 4.74 Å². The summed E-state index contributed by atoms with van der Waals surface area (Å²) < 4.78 is 10.9. The minimum Gasteiger partial charge on any atom is -0.488 e. The number of aryl methyl sites for hydroxylation is 2. The fourth-order valence-electron chi connectivity index (χ4n) is 2.79. The summed E-state index contributed by atoms with van der Waals surface area (Å²) in [7, 11) is 0. The predicted molar refractivity (Wildman–Crippen MR) is 83.5 cm³/mol. The molecule has 1 aliphatic heterocycles. The fourth-order valence-corrected chi connectivity index (χ4v) is 2.79. The van der Waals surface area contributed by atoms with Gasteiger partial charge in [0.05, 0.1) is 6.61 Å². The Balaban J connectivity index is 2.23. The highest BCUT2D eigenvalue weighted by Crippen LogP contribution is 2.40. The van der Waals surface area contributed by atoms with Crippen LogP contribution in [0.15, 0.2) is 30.3 Å². The van der Waals surface area contributed by atoms with Crippen LogP contribution >= 0.6 is 0 Å². The van der Waals surface area contributed by atoms with E-state index in [4.69, 9.17) is 9.47 Å². The van der Waals surface area contributed by atoms with Crippen LogP contribution in [0.3, 0.4) is 0 Å². The van der Waals surface area contributed by atoms with E-state index in [1.165, 1.54) is 10.9 Å². The number of rotatable bonds is 2. The molecule has 2 aromatic rings. The summed E-state index contributed by atoms with van der Waals surface area (Å²) in [5, 5.41) is 2.26. The molecule has 0 saturated heterocycles. The van der Waals surface area contributed by atoms with Crippen LogP contribution in [0.1, 0.15) is 23.6 Å². The molecule has 2 aromatic carbocycles. The van der Waals surface area contributed by atoms with Gasteiger partial charge < -0.3 is 9.47 Å². The van der Waals surface area contributed by atoms with Gasteiger partial charge in [-0.1, -0.05) is 24.3 Å². The van der Waals surface area contributed by atoms with Crippen molar-refractivity contribution in [3.63, 3.8) is 0 Å². The Kier molecular flexibility index (Phi) is 3.42. The molecule has 0 aromatic heterocycles. The molecular weight excluding hydrogens is 264 g/mol. The normalized spacial score (nSPS) is 15.1. The Bertz CT molecular complexity index is 757. The maximum Gasteiger partial charge on any atom is 0.331 e. The van der Waals surface area contributed by atoms with Crippen LogP contribution in [0, 0.1) is 13.8 Å². The molecule has 3 rings (SSSR count). The van der Waals surface area contributed by atoms with Gasteiger partial charge in [-0.2, -0.15) is 0 Å². The van der Waals surface area contributed by atoms with Gasteiger partial charge in [0.1, 0.15) is 12.4 Å². The largest absolute Gasteiger partial charge is 0.488 e. The number of hydrogen-bond donors (Lipinski definition) is 0. The first-order valence-corrected chi connectivity index (χ1v) is 7.15. The van der Waals surface area contributed by atoms with Crippen molar-refractivity contribution in [2.24, 2.45) is 0 Å². The molecule has 0 aliphatic carbocycles. The highest BCUT2D eigenvalue weighted by molar-refractivity contribution is 6.05. The number of esters is 1. The zero-order chi connectivity index (χ0) is 15.0. The smallest absolute Gasteiger partial charge is 0.331 e. The molecule has 1 aliphatic rings. The van der Waals surface area contributed by atoms with E-state index in [-0.39, 0.29) is 5.97 Å². The highest BCUT2D eigenvalue weighted by Gasteiger charge is 2.21. The first kappa shape index (κ1) is 13.7. The van der Waals surface area contributed by atoms with Crippen LogP contribution in [-0.4, -0.2) is 19.2 Å². The second kappa shape index (κ2) is 5.24. The van der Waals surface area contributed by atoms with Crippen molar-refractivity contribution < 1.29 is 14.3 Å². The first-order chi connectivity index (χ1) is 10.1. The molecule has 0 unspecified atom stereocenters. The Labute approximate surface area is 124 Å². The van der Waals surface area contributed by atoms with E-state index in [9.17, 15) is 4.79 Å². The minimum atomic E-state index is -0.319. The van der Waals surface area contributed by atoms with Gasteiger partial charge in [-0.15, -0.1) is 0 Å². The van der Waals surface area contributed by atoms with E-state index >= 15 is 0 Å². The molecular formula is C18H18O3. The molecule has 21 heavy (non-hydrogen) atoms. The average molecular weight is 282 g/mol. The molecule has 0 spiro atoms. The Morgan fingerprint density at radius 3 is 2.76 bits per heavy atom. The molecule has 0 radical (unpaired) electrons. The summed E-state index contributed by atoms with van der Waals surface area (Å²) >= 11 is 0. The van der Waals surface area contributed by atoms with Crippen LogP contribution in [0.4, 0.5) is 0 Å². The zero-order valence-corrected chi connectivity index (χ0v) is 12.5. The van der Waals surface area contributed by atoms with Gasteiger partial charge in [-0.25, -0.2) is 4.79 Å². The van der Waals surface area contributed by atoms with E-state index in [1.807, 2.05) is 6.92 Å². The van der Waals surface area contributed by atoms with Crippen LogP contribution in [-0.2, 0) is 9.53 Å². The standard InChI is InChI=1S/C18H18O3/c1-4-20-16(19)9-13-10-21-18-12(3)6-7-14-11(2)5-8-15(13)17(14)18/h5-9H,4,10H2,1-3H3. The van der Waals surface area contributed by atoms with E-state index in [0.29, 0.717) is 13.2 Å². The SMILES string of the molecule is CCOC(=O)C=C1COc2c(C)ccc3c(C)ccc1c23. The number of carbonyl (C=O) groups is 1. The van der Waals surface area contributed by atoms with Crippen molar-refractivity contribution in [1.82, 2.24) is 0 Å². The molecule has 0 amide bonds. The summed E-state index contributed by atoms with van der Waals surface area (Å²) in [5.41, 5.74) is 4.26. The molecule has 3 heteroatoms. The van der Waals surface area contributed by atoms with E-state index in [1.54, 1.807) is 13.0 Å². The quantitative estimate of drug-likeness (QED) is 0.621. The average Bonchev–Trinajstić information content (AvgIpc) is 2.46. The number of benzene rings is 2. The zero-order valence-electron chi connectivity index (χ0n) is 12.5. The number of carbonyl (C=O) groups excluding carboxylic acids is 1. The lowest BCUT2D eigenvalue weighted by molar-refractivity contribution is -0.137. The maximum absolute atomic E-state index is 11.7. The lowest BCUT2D eigenvalue weighted by Gasteiger charge is -2.23. The second-order valence-corrected chi connectivity index (χ2v) is 5.27. The minimum absolute atomic E-state index is 0.319. The third kappa shape index (κ3) is 2.29. The van der Waals surface area contributed by atoms with Crippen LogP contribution in [0.25, 0.3) is 16.3 Å². The Hall–Kier alpha value is -2.29. The van der Waals surface area contributed by atoms with Gasteiger partial charge in [0.2, 0.25) is 0 Å². The molecule has 0 bridgehead atoms. The third-order valence-corrected chi connectivity index (χ3v) is 3.85. The van der Waals surface area contributed by atoms with Crippen molar-refractivity contribution in [2.75, 3.05) is 13.2 Å². The molecule has 0 saturated carbocycles. The second-order valence-electron chi connectivity index (χ2n) is 5.27. The summed E-state index contributed by atoms with van der Waals surface area (Å²) in [4.78, 5) is 11.7. The van der Waals surface area contributed by atoms with E-state index in [2.05, 4.69) is 31.2 Å². The van der Waals surface area contributed by atoms with Crippen molar-refractivity contribution in [2.45, 2.75) is 20.8 Å². The topological polar surface area (TPSA) is 35.5 Å². The van der Waals surface area contributed by atoms with Crippen molar-refractivity contribution in [3.05, 3.63) is 47.0 Å². The maximum atomic E-state index is 11.7. The van der Waals surface area contributed by atoms with E-state index in [0.717, 1.165) is 27.8 Å². The summed E-state index contributed by atoms with van der Waals surface area (Å²) in [6.07, 6.45) is 1.54. The lowest BCUT2D eigenvalue weighted by Crippen LogP contribution is -2.11. The Morgan fingerprint density at radius 2 is 2.00 bits per heavy atom. The van der Waals surface area contributed by atoms with Gasteiger partial charge in [-0.05, 0) is 42.8 Å². The van der Waals surface area contributed by atoms with E-state index < -0.39 is 0 Å². The highest BCUT2D eigenvalue weighted by atomic mass is 16.5. The molecule has 0 N–H and O–H groups in total. The summed E-state index contributed by atoms with van der Waals surface area (Å²) in [6, 6.07) is 8.34. The van der Waals surface area contributed by atoms with Gasteiger partial charge in [0.15, 0.2) is 0 Å². The molecule has 0 atom stereocenters. The van der Waals surface area contributed by atoms with Gasteiger partial charge in [-0.3, -0.25) is 0 Å². The Morgan fingerprint density at radius 1 is 1.24 bits per heavy atom. The van der Waals surface area contributed by atoms with Gasteiger partial charge in [0, 0.05) is 17.0 Å². The van der Waals surface area contributed by atoms with Crippen molar-refractivity contribution in [3.8, 4) is 5.75 Å². The third-order valence-electron chi connectivity index (χ3n) is 3.85. The van der Waals surface area contributed by atoms with Gasteiger partial charge in [0.25, 0.3) is 0 Å². The predicted octanol–water partition coefficient (Wildman–Crippen LogP) is 3.80. The van der Waals surface area contributed by atoms with Crippen molar-refractivity contribution in [1.29, 1.82) is 0 Å². The summed E-state index contributed by atoms with van der Waals surface area (Å²) in [6.45, 7) is 6.70. The molecule has 0 fully saturated rings. The van der Waals surface area contributed by atoms with Crippen molar-refractivity contribution >= 4 is 22.3 Å². The molecule has 1 heterocycles. The monoisotopic (exact) mass is 282 g/mol. The van der Waals surface area contributed by atoms with Crippen LogP contribution in [0.2, 0.25) is 0 Å². The van der Waals surface area contributed by atoms with Crippen LogP contribution in [0.5, 0.6) is 5.75 Å².